The first-order valence-corrected chi connectivity index (χ1v) is 6.62. The second-order valence-electron chi connectivity index (χ2n) is 4.85. The van der Waals surface area contributed by atoms with Gasteiger partial charge in [0.1, 0.15) is 0 Å². The second-order valence-corrected chi connectivity index (χ2v) is 4.85. The summed E-state index contributed by atoms with van der Waals surface area (Å²) in [7, 11) is 0. The first-order valence-electron chi connectivity index (χ1n) is 6.62. The highest BCUT2D eigenvalue weighted by Crippen LogP contribution is 2.20. The molecular formula is C16H13F3N2O2. The van der Waals surface area contributed by atoms with E-state index in [1.165, 1.54) is 24.3 Å². The molecule has 2 aromatic carbocycles. The SMILES string of the molecule is Cc1ccc(C(=O)Nc2cccc(NC(=O)C(F)(F)F)c2)cc1. The fourth-order valence-corrected chi connectivity index (χ4v) is 1.78. The van der Waals surface area contributed by atoms with Crippen molar-refractivity contribution in [2.75, 3.05) is 10.6 Å². The van der Waals surface area contributed by atoms with E-state index in [0.29, 0.717) is 5.56 Å². The zero-order chi connectivity index (χ0) is 17.0. The lowest BCUT2D eigenvalue weighted by Gasteiger charge is -2.10. The molecule has 7 heteroatoms. The minimum Gasteiger partial charge on any atom is -0.322 e. The fourth-order valence-electron chi connectivity index (χ4n) is 1.78. The third-order valence-corrected chi connectivity index (χ3v) is 2.95. The molecule has 0 saturated heterocycles. The monoisotopic (exact) mass is 322 g/mol. The Bertz CT molecular complexity index is 725. The maximum Gasteiger partial charge on any atom is 0.471 e. The third-order valence-electron chi connectivity index (χ3n) is 2.95. The number of amides is 2. The number of carbonyl (C=O) groups is 2. The molecule has 0 fully saturated rings. The van der Waals surface area contributed by atoms with Gasteiger partial charge < -0.3 is 10.6 Å². The molecule has 0 aliphatic rings. The number of alkyl halides is 3. The van der Waals surface area contributed by atoms with E-state index in [9.17, 15) is 22.8 Å². The van der Waals surface area contributed by atoms with Crippen molar-refractivity contribution in [3.8, 4) is 0 Å². The Balaban J connectivity index is 2.09. The van der Waals surface area contributed by atoms with Crippen LogP contribution in [0.5, 0.6) is 0 Å². The average Bonchev–Trinajstić information content (AvgIpc) is 2.47. The number of aryl methyl sites for hydroxylation is 1. The van der Waals surface area contributed by atoms with E-state index in [-0.39, 0.29) is 11.4 Å². The molecule has 0 aliphatic heterocycles. The van der Waals surface area contributed by atoms with Gasteiger partial charge in [0.25, 0.3) is 5.91 Å². The van der Waals surface area contributed by atoms with Crippen LogP contribution in [0.2, 0.25) is 0 Å². The summed E-state index contributed by atoms with van der Waals surface area (Å²) >= 11 is 0. The summed E-state index contributed by atoms with van der Waals surface area (Å²) in [5, 5.41) is 4.29. The minimum absolute atomic E-state index is 0.0611. The summed E-state index contributed by atoms with van der Waals surface area (Å²) in [6.07, 6.45) is -4.97. The van der Waals surface area contributed by atoms with Crippen LogP contribution in [-0.2, 0) is 4.79 Å². The Morgan fingerprint density at radius 2 is 1.48 bits per heavy atom. The van der Waals surface area contributed by atoms with Crippen molar-refractivity contribution in [3.05, 3.63) is 59.7 Å². The van der Waals surface area contributed by atoms with Crippen LogP contribution in [0, 0.1) is 6.92 Å². The quantitative estimate of drug-likeness (QED) is 0.904. The molecule has 0 aliphatic carbocycles. The average molecular weight is 322 g/mol. The molecule has 0 radical (unpaired) electrons. The van der Waals surface area contributed by atoms with Crippen molar-refractivity contribution < 1.29 is 22.8 Å². The van der Waals surface area contributed by atoms with Crippen molar-refractivity contribution in [2.24, 2.45) is 0 Å². The van der Waals surface area contributed by atoms with Gasteiger partial charge in [0.15, 0.2) is 0 Å². The molecule has 2 N–H and O–H groups in total. The van der Waals surface area contributed by atoms with Crippen molar-refractivity contribution in [1.82, 2.24) is 0 Å². The van der Waals surface area contributed by atoms with E-state index in [1.54, 1.807) is 29.6 Å². The van der Waals surface area contributed by atoms with Crippen LogP contribution in [-0.4, -0.2) is 18.0 Å². The lowest BCUT2D eigenvalue weighted by atomic mass is 10.1. The van der Waals surface area contributed by atoms with E-state index < -0.39 is 18.0 Å². The molecule has 0 saturated carbocycles. The number of nitrogens with one attached hydrogen (secondary N) is 2. The molecule has 0 heterocycles. The number of rotatable bonds is 3. The number of halogens is 3. The molecule has 120 valence electrons. The predicted molar refractivity (Wildman–Crippen MR) is 80.3 cm³/mol. The van der Waals surface area contributed by atoms with E-state index in [2.05, 4.69) is 5.32 Å². The standard InChI is InChI=1S/C16H13F3N2O2/c1-10-5-7-11(8-6-10)14(22)20-12-3-2-4-13(9-12)21-15(23)16(17,18)19/h2-9H,1H3,(H,20,22)(H,21,23). The fraction of sp³-hybridized carbons (Fsp3) is 0.125. The summed E-state index contributed by atoms with van der Waals surface area (Å²) in [6.45, 7) is 1.88. The Labute approximate surface area is 130 Å². The summed E-state index contributed by atoms with van der Waals surface area (Å²) in [5.41, 5.74) is 1.63. The highest BCUT2D eigenvalue weighted by molar-refractivity contribution is 6.04. The molecule has 0 spiro atoms. The number of hydrogen-bond acceptors (Lipinski definition) is 2. The normalized spacial score (nSPS) is 11.0. The summed E-state index contributed by atoms with van der Waals surface area (Å²) in [5.74, 6) is -2.47. The highest BCUT2D eigenvalue weighted by Gasteiger charge is 2.38. The maximum absolute atomic E-state index is 12.2. The number of anilines is 2. The molecular weight excluding hydrogens is 309 g/mol. The van der Waals surface area contributed by atoms with Gasteiger partial charge in [-0.25, -0.2) is 0 Å². The molecule has 0 aromatic heterocycles. The van der Waals surface area contributed by atoms with Crippen LogP contribution in [0.4, 0.5) is 24.5 Å². The van der Waals surface area contributed by atoms with Gasteiger partial charge in [-0.15, -0.1) is 0 Å². The van der Waals surface area contributed by atoms with Crippen molar-refractivity contribution in [2.45, 2.75) is 13.1 Å². The van der Waals surface area contributed by atoms with Gasteiger partial charge in [-0.1, -0.05) is 23.8 Å². The smallest absolute Gasteiger partial charge is 0.322 e. The molecule has 0 atom stereocenters. The minimum atomic E-state index is -4.97. The first-order chi connectivity index (χ1) is 10.8. The lowest BCUT2D eigenvalue weighted by molar-refractivity contribution is -0.167. The molecule has 2 amide bonds. The van der Waals surface area contributed by atoms with Crippen LogP contribution in [0.3, 0.4) is 0 Å². The lowest BCUT2D eigenvalue weighted by Crippen LogP contribution is -2.29. The van der Waals surface area contributed by atoms with E-state index in [0.717, 1.165) is 5.56 Å². The Kier molecular flexibility index (Phi) is 4.68. The number of benzene rings is 2. The first kappa shape index (κ1) is 16.5. The highest BCUT2D eigenvalue weighted by atomic mass is 19.4. The zero-order valence-electron chi connectivity index (χ0n) is 12.1. The van der Waals surface area contributed by atoms with Gasteiger partial charge in [-0.05, 0) is 37.3 Å². The molecule has 0 bridgehead atoms. The van der Waals surface area contributed by atoms with Crippen LogP contribution in [0.25, 0.3) is 0 Å². The van der Waals surface area contributed by atoms with E-state index in [4.69, 9.17) is 0 Å². The van der Waals surface area contributed by atoms with Crippen LogP contribution in [0.1, 0.15) is 15.9 Å². The van der Waals surface area contributed by atoms with Crippen molar-refractivity contribution >= 4 is 23.2 Å². The van der Waals surface area contributed by atoms with Gasteiger partial charge in [0, 0.05) is 16.9 Å². The Morgan fingerprint density at radius 1 is 0.913 bits per heavy atom. The van der Waals surface area contributed by atoms with Crippen LogP contribution in [0.15, 0.2) is 48.5 Å². The Hall–Kier alpha value is -2.83. The molecule has 2 aromatic rings. The van der Waals surface area contributed by atoms with Gasteiger partial charge in [-0.2, -0.15) is 13.2 Å². The van der Waals surface area contributed by atoms with Gasteiger partial charge in [-0.3, -0.25) is 9.59 Å². The molecule has 4 nitrogen and oxygen atoms in total. The predicted octanol–water partition coefficient (Wildman–Crippen LogP) is 3.75. The summed E-state index contributed by atoms with van der Waals surface area (Å²) in [6, 6.07) is 12.3. The maximum atomic E-state index is 12.2. The second kappa shape index (κ2) is 6.51. The van der Waals surface area contributed by atoms with Gasteiger partial charge in [0.05, 0.1) is 0 Å². The van der Waals surface area contributed by atoms with E-state index in [1.807, 2.05) is 6.92 Å². The van der Waals surface area contributed by atoms with Crippen LogP contribution >= 0.6 is 0 Å². The molecule has 2 rings (SSSR count). The zero-order valence-corrected chi connectivity index (χ0v) is 12.1. The molecule has 23 heavy (non-hydrogen) atoms. The number of carbonyl (C=O) groups excluding carboxylic acids is 2. The van der Waals surface area contributed by atoms with Gasteiger partial charge in [0.2, 0.25) is 0 Å². The van der Waals surface area contributed by atoms with Gasteiger partial charge >= 0.3 is 12.1 Å². The topological polar surface area (TPSA) is 58.2 Å². The number of hydrogen-bond donors (Lipinski definition) is 2. The summed E-state index contributed by atoms with van der Waals surface area (Å²) in [4.78, 5) is 22.9. The van der Waals surface area contributed by atoms with Crippen molar-refractivity contribution in [3.63, 3.8) is 0 Å². The Morgan fingerprint density at radius 3 is 2.04 bits per heavy atom. The third kappa shape index (κ3) is 4.57. The molecule has 0 unspecified atom stereocenters. The van der Waals surface area contributed by atoms with Crippen LogP contribution < -0.4 is 10.6 Å². The summed E-state index contributed by atoms with van der Waals surface area (Å²) < 4.78 is 36.7. The largest absolute Gasteiger partial charge is 0.471 e. The van der Waals surface area contributed by atoms with Crippen molar-refractivity contribution in [1.29, 1.82) is 0 Å². The van der Waals surface area contributed by atoms with E-state index >= 15 is 0 Å².